The van der Waals surface area contributed by atoms with Crippen LogP contribution in [0, 0.1) is 0 Å². The number of methoxy groups -OCH3 is 1. The third-order valence-corrected chi connectivity index (χ3v) is 2.87. The van der Waals surface area contributed by atoms with E-state index in [1.165, 1.54) is 19.2 Å². The molecular formula is C12H12F3NO3. The number of hydrogen-bond acceptors (Lipinski definition) is 3. The first-order valence-electron chi connectivity index (χ1n) is 5.60. The van der Waals surface area contributed by atoms with Crippen LogP contribution in [0.5, 0.6) is 5.75 Å². The predicted molar refractivity (Wildman–Crippen MR) is 59.8 cm³/mol. The number of hydrogen-bond donors (Lipinski definition) is 1. The molecule has 1 aliphatic rings. The Labute approximate surface area is 107 Å². The topological polar surface area (TPSA) is 47.6 Å². The number of carbonyl (C=O) groups excluding carboxylic acids is 1. The molecular weight excluding hydrogens is 263 g/mol. The van der Waals surface area contributed by atoms with Crippen LogP contribution in [-0.2, 0) is 10.9 Å². The molecule has 1 saturated heterocycles. The first kappa shape index (κ1) is 13.5. The van der Waals surface area contributed by atoms with Crippen molar-refractivity contribution in [3.63, 3.8) is 0 Å². The highest BCUT2D eigenvalue weighted by Crippen LogP contribution is 2.38. The summed E-state index contributed by atoms with van der Waals surface area (Å²) in [5.74, 6) is 0.120. The number of amides is 1. The van der Waals surface area contributed by atoms with Gasteiger partial charge in [0.15, 0.2) is 0 Å². The molecule has 7 heteroatoms. The Balaban J connectivity index is 2.41. The van der Waals surface area contributed by atoms with Crippen LogP contribution in [0.25, 0.3) is 0 Å². The summed E-state index contributed by atoms with van der Waals surface area (Å²) in [7, 11) is 1.30. The minimum atomic E-state index is -4.51. The highest BCUT2D eigenvalue weighted by atomic mass is 19.4. The van der Waals surface area contributed by atoms with Crippen molar-refractivity contribution < 1.29 is 27.4 Å². The third kappa shape index (κ3) is 2.91. The van der Waals surface area contributed by atoms with E-state index in [2.05, 4.69) is 10.1 Å². The Morgan fingerprint density at radius 2 is 2.16 bits per heavy atom. The fraction of sp³-hybridized carbons (Fsp3) is 0.417. The number of halogens is 3. The molecule has 1 fully saturated rings. The SMILES string of the molecule is COc1ccc([C@H]2CCOC(=O)N2)c(C(F)(F)F)c1. The fourth-order valence-corrected chi connectivity index (χ4v) is 1.97. The van der Waals surface area contributed by atoms with E-state index in [1.807, 2.05) is 0 Å². The number of nitrogens with one attached hydrogen (secondary N) is 1. The van der Waals surface area contributed by atoms with Crippen LogP contribution < -0.4 is 10.1 Å². The first-order valence-corrected chi connectivity index (χ1v) is 5.60. The molecule has 0 aromatic heterocycles. The maximum absolute atomic E-state index is 13.0. The molecule has 1 amide bonds. The summed E-state index contributed by atoms with van der Waals surface area (Å²) in [5, 5.41) is 2.38. The second kappa shape index (κ2) is 4.99. The molecule has 1 aliphatic heterocycles. The molecule has 0 aliphatic carbocycles. The summed E-state index contributed by atoms with van der Waals surface area (Å²) in [4.78, 5) is 11.1. The van der Waals surface area contributed by atoms with Crippen LogP contribution in [0.15, 0.2) is 18.2 Å². The largest absolute Gasteiger partial charge is 0.497 e. The van der Waals surface area contributed by atoms with Crippen molar-refractivity contribution in [3.05, 3.63) is 29.3 Å². The smallest absolute Gasteiger partial charge is 0.416 e. The maximum atomic E-state index is 13.0. The molecule has 1 aromatic rings. The lowest BCUT2D eigenvalue weighted by Crippen LogP contribution is -2.36. The number of ether oxygens (including phenoxy) is 2. The van der Waals surface area contributed by atoms with Gasteiger partial charge in [-0.05, 0) is 17.7 Å². The molecule has 0 saturated carbocycles. The average Bonchev–Trinajstić information content (AvgIpc) is 2.37. The lowest BCUT2D eigenvalue weighted by atomic mass is 9.97. The zero-order valence-corrected chi connectivity index (χ0v) is 10.1. The van der Waals surface area contributed by atoms with E-state index in [9.17, 15) is 18.0 Å². The molecule has 1 heterocycles. The highest BCUT2D eigenvalue weighted by Gasteiger charge is 2.37. The molecule has 0 radical (unpaired) electrons. The molecule has 1 atom stereocenters. The van der Waals surface area contributed by atoms with E-state index in [1.54, 1.807) is 0 Å². The van der Waals surface area contributed by atoms with Gasteiger partial charge in [0.2, 0.25) is 0 Å². The van der Waals surface area contributed by atoms with Gasteiger partial charge in [0.05, 0.1) is 25.3 Å². The summed E-state index contributed by atoms with van der Waals surface area (Å²) in [6.45, 7) is 0.0970. The summed E-state index contributed by atoms with van der Waals surface area (Å²) < 4.78 is 48.5. The molecule has 2 rings (SSSR count). The lowest BCUT2D eigenvalue weighted by Gasteiger charge is -2.26. The Morgan fingerprint density at radius 3 is 2.74 bits per heavy atom. The van der Waals surface area contributed by atoms with E-state index in [4.69, 9.17) is 4.74 Å². The Kier molecular flexibility index (Phi) is 3.55. The summed E-state index contributed by atoms with van der Waals surface area (Å²) in [6.07, 6.45) is -4.92. The summed E-state index contributed by atoms with van der Waals surface area (Å²) in [6, 6.07) is 2.98. The molecule has 0 unspecified atom stereocenters. The molecule has 104 valence electrons. The van der Waals surface area contributed by atoms with Crippen LogP contribution in [0.2, 0.25) is 0 Å². The maximum Gasteiger partial charge on any atom is 0.416 e. The van der Waals surface area contributed by atoms with Gasteiger partial charge in [-0.3, -0.25) is 0 Å². The van der Waals surface area contributed by atoms with Gasteiger partial charge in [-0.2, -0.15) is 13.2 Å². The van der Waals surface area contributed by atoms with Crippen molar-refractivity contribution in [2.75, 3.05) is 13.7 Å². The van der Waals surface area contributed by atoms with Crippen LogP contribution in [0.3, 0.4) is 0 Å². The van der Waals surface area contributed by atoms with Crippen molar-refractivity contribution in [1.82, 2.24) is 5.32 Å². The number of alkyl halides is 3. The van der Waals surface area contributed by atoms with Crippen LogP contribution in [-0.4, -0.2) is 19.8 Å². The molecule has 19 heavy (non-hydrogen) atoms. The zero-order chi connectivity index (χ0) is 14.0. The van der Waals surface area contributed by atoms with Crippen molar-refractivity contribution in [2.24, 2.45) is 0 Å². The van der Waals surface area contributed by atoms with Crippen molar-refractivity contribution >= 4 is 6.09 Å². The molecule has 4 nitrogen and oxygen atoms in total. The fourth-order valence-electron chi connectivity index (χ4n) is 1.97. The predicted octanol–water partition coefficient (Wildman–Crippen LogP) is 2.89. The van der Waals surface area contributed by atoms with Gasteiger partial charge in [0, 0.05) is 6.42 Å². The Morgan fingerprint density at radius 1 is 1.42 bits per heavy atom. The summed E-state index contributed by atoms with van der Waals surface area (Å²) in [5.41, 5.74) is -0.788. The van der Waals surface area contributed by atoms with Gasteiger partial charge in [0.25, 0.3) is 0 Å². The number of alkyl carbamates (subject to hydrolysis) is 1. The van der Waals surface area contributed by atoms with Gasteiger partial charge in [-0.1, -0.05) is 6.07 Å². The van der Waals surface area contributed by atoms with Crippen LogP contribution in [0.4, 0.5) is 18.0 Å². The number of rotatable bonds is 2. The summed E-state index contributed by atoms with van der Waals surface area (Å²) >= 11 is 0. The minimum Gasteiger partial charge on any atom is -0.497 e. The van der Waals surface area contributed by atoms with E-state index < -0.39 is 23.9 Å². The zero-order valence-electron chi connectivity index (χ0n) is 10.1. The quantitative estimate of drug-likeness (QED) is 0.902. The van der Waals surface area contributed by atoms with Crippen molar-refractivity contribution in [1.29, 1.82) is 0 Å². The molecule has 1 N–H and O–H groups in total. The number of benzene rings is 1. The van der Waals surface area contributed by atoms with Gasteiger partial charge < -0.3 is 14.8 Å². The molecule has 0 bridgehead atoms. The van der Waals surface area contributed by atoms with E-state index in [-0.39, 0.29) is 17.9 Å². The Hall–Kier alpha value is -1.92. The standard InChI is InChI=1S/C12H12F3NO3/c1-18-7-2-3-8(9(6-7)12(13,14)15)10-4-5-19-11(17)16-10/h2-3,6,10H,4-5H2,1H3,(H,16,17)/t10-/m1/s1. The Bertz CT molecular complexity index is 488. The average molecular weight is 275 g/mol. The second-order valence-corrected chi connectivity index (χ2v) is 4.07. The van der Waals surface area contributed by atoms with Gasteiger partial charge in [0.1, 0.15) is 5.75 Å². The lowest BCUT2D eigenvalue weighted by molar-refractivity contribution is -0.138. The van der Waals surface area contributed by atoms with E-state index >= 15 is 0 Å². The van der Waals surface area contributed by atoms with Gasteiger partial charge in [-0.25, -0.2) is 4.79 Å². The first-order chi connectivity index (χ1) is 8.91. The number of cyclic esters (lactones) is 1. The normalized spacial score (nSPS) is 19.6. The van der Waals surface area contributed by atoms with Gasteiger partial charge in [-0.15, -0.1) is 0 Å². The molecule has 1 aromatic carbocycles. The monoisotopic (exact) mass is 275 g/mol. The van der Waals surface area contributed by atoms with Crippen LogP contribution >= 0.6 is 0 Å². The highest BCUT2D eigenvalue weighted by molar-refractivity contribution is 5.68. The van der Waals surface area contributed by atoms with Crippen molar-refractivity contribution in [3.8, 4) is 5.75 Å². The third-order valence-electron chi connectivity index (χ3n) is 2.87. The van der Waals surface area contributed by atoms with Gasteiger partial charge >= 0.3 is 12.3 Å². The van der Waals surface area contributed by atoms with E-state index in [0.717, 1.165) is 6.07 Å². The molecule has 0 spiro atoms. The minimum absolute atomic E-state index is 0.0185. The van der Waals surface area contributed by atoms with Crippen LogP contribution in [0.1, 0.15) is 23.6 Å². The van der Waals surface area contributed by atoms with Crippen molar-refractivity contribution in [2.45, 2.75) is 18.6 Å². The van der Waals surface area contributed by atoms with E-state index in [0.29, 0.717) is 6.42 Å². The number of carbonyl (C=O) groups is 1. The second-order valence-electron chi connectivity index (χ2n) is 4.07.